The summed E-state index contributed by atoms with van der Waals surface area (Å²) in [6.07, 6.45) is 2.22. The molecule has 2 heteroatoms. The summed E-state index contributed by atoms with van der Waals surface area (Å²) in [7, 11) is 1.75. The van der Waals surface area contributed by atoms with E-state index in [-0.39, 0.29) is 0 Å². The van der Waals surface area contributed by atoms with Crippen LogP contribution in [0.4, 0.5) is 0 Å². The summed E-state index contributed by atoms with van der Waals surface area (Å²) in [5, 5.41) is 3.51. The summed E-state index contributed by atoms with van der Waals surface area (Å²) in [6.45, 7) is 8.47. The average Bonchev–Trinajstić information content (AvgIpc) is 2.35. The largest absolute Gasteiger partial charge is 0.385 e. The van der Waals surface area contributed by atoms with E-state index in [1.54, 1.807) is 7.11 Å². The van der Waals surface area contributed by atoms with E-state index in [1.165, 1.54) is 11.1 Å². The van der Waals surface area contributed by atoms with Gasteiger partial charge in [-0.3, -0.25) is 0 Å². The van der Waals surface area contributed by atoms with Crippen LogP contribution in [0.2, 0.25) is 0 Å². The molecular formula is C16H27NO. The van der Waals surface area contributed by atoms with Gasteiger partial charge in [-0.2, -0.15) is 0 Å². The molecule has 1 atom stereocenters. The number of benzene rings is 1. The lowest BCUT2D eigenvalue weighted by Gasteiger charge is -2.13. The van der Waals surface area contributed by atoms with Gasteiger partial charge in [-0.05, 0) is 36.8 Å². The Morgan fingerprint density at radius 3 is 2.22 bits per heavy atom. The minimum Gasteiger partial charge on any atom is -0.385 e. The number of nitrogens with one attached hydrogen (secondary N) is 1. The van der Waals surface area contributed by atoms with Crippen molar-refractivity contribution in [3.8, 4) is 0 Å². The molecule has 2 nitrogen and oxygen atoms in total. The fraction of sp³-hybridized carbons (Fsp3) is 0.625. The summed E-state index contributed by atoms with van der Waals surface area (Å²) in [6, 6.07) is 9.45. The third kappa shape index (κ3) is 6.18. The van der Waals surface area contributed by atoms with Crippen LogP contribution in [0.3, 0.4) is 0 Å². The second kappa shape index (κ2) is 8.28. The minimum atomic E-state index is 0.500. The quantitative estimate of drug-likeness (QED) is 0.762. The second-order valence-electron chi connectivity index (χ2n) is 5.48. The maximum Gasteiger partial charge on any atom is 0.0476 e. The van der Waals surface area contributed by atoms with Crippen LogP contribution in [0.1, 0.15) is 38.3 Å². The normalized spacial score (nSPS) is 12.9. The van der Waals surface area contributed by atoms with Gasteiger partial charge in [-0.15, -0.1) is 0 Å². The summed E-state index contributed by atoms with van der Waals surface area (Å²) < 4.78 is 5.08. The fourth-order valence-corrected chi connectivity index (χ4v) is 1.95. The molecule has 0 aliphatic carbocycles. The Labute approximate surface area is 112 Å². The third-order valence-corrected chi connectivity index (χ3v) is 3.08. The van der Waals surface area contributed by atoms with Crippen molar-refractivity contribution >= 4 is 0 Å². The Kier molecular flexibility index (Phi) is 6.99. The molecule has 1 rings (SSSR count). The Morgan fingerprint density at radius 1 is 1.06 bits per heavy atom. The van der Waals surface area contributed by atoms with Gasteiger partial charge in [0.25, 0.3) is 0 Å². The molecule has 18 heavy (non-hydrogen) atoms. The van der Waals surface area contributed by atoms with E-state index in [2.05, 4.69) is 50.4 Å². The topological polar surface area (TPSA) is 21.3 Å². The Morgan fingerprint density at radius 2 is 1.67 bits per heavy atom. The van der Waals surface area contributed by atoms with Crippen molar-refractivity contribution in [2.75, 3.05) is 13.7 Å². The highest BCUT2D eigenvalue weighted by atomic mass is 16.5. The standard InChI is InChI=1S/C16H27NO/c1-13(2)11-15-5-7-16(8-6-15)12-17-14(3)9-10-18-4/h5-8,13-14,17H,9-12H2,1-4H3. The van der Waals surface area contributed by atoms with Crippen LogP contribution in [-0.2, 0) is 17.7 Å². The van der Waals surface area contributed by atoms with E-state index < -0.39 is 0 Å². The van der Waals surface area contributed by atoms with Crippen LogP contribution in [0.5, 0.6) is 0 Å². The number of hydrogen-bond acceptors (Lipinski definition) is 2. The monoisotopic (exact) mass is 249 g/mol. The van der Waals surface area contributed by atoms with E-state index in [0.717, 1.165) is 31.9 Å². The lowest BCUT2D eigenvalue weighted by Crippen LogP contribution is -2.26. The molecule has 0 aromatic heterocycles. The van der Waals surface area contributed by atoms with Crippen LogP contribution in [0.15, 0.2) is 24.3 Å². The smallest absolute Gasteiger partial charge is 0.0476 e. The Hall–Kier alpha value is -0.860. The van der Waals surface area contributed by atoms with Gasteiger partial charge < -0.3 is 10.1 Å². The maximum atomic E-state index is 5.08. The van der Waals surface area contributed by atoms with Gasteiger partial charge in [0, 0.05) is 26.3 Å². The number of hydrogen-bond donors (Lipinski definition) is 1. The lowest BCUT2D eigenvalue weighted by atomic mass is 10.0. The number of ether oxygens (including phenoxy) is 1. The molecule has 0 fully saturated rings. The predicted octanol–water partition coefficient (Wildman–Crippen LogP) is 3.40. The first kappa shape index (κ1) is 15.2. The highest BCUT2D eigenvalue weighted by Crippen LogP contribution is 2.10. The molecule has 0 heterocycles. The number of rotatable bonds is 8. The van der Waals surface area contributed by atoms with E-state index in [9.17, 15) is 0 Å². The first-order valence-corrected chi connectivity index (χ1v) is 6.92. The molecule has 0 amide bonds. The first-order chi connectivity index (χ1) is 8.61. The van der Waals surface area contributed by atoms with Crippen LogP contribution in [0.25, 0.3) is 0 Å². The molecule has 1 unspecified atom stereocenters. The third-order valence-electron chi connectivity index (χ3n) is 3.08. The predicted molar refractivity (Wildman–Crippen MR) is 77.8 cm³/mol. The number of methoxy groups -OCH3 is 1. The second-order valence-corrected chi connectivity index (χ2v) is 5.48. The van der Waals surface area contributed by atoms with Gasteiger partial charge >= 0.3 is 0 Å². The van der Waals surface area contributed by atoms with E-state index in [4.69, 9.17) is 4.74 Å². The first-order valence-electron chi connectivity index (χ1n) is 6.92. The van der Waals surface area contributed by atoms with Crippen LogP contribution in [-0.4, -0.2) is 19.8 Å². The summed E-state index contributed by atoms with van der Waals surface area (Å²) in [4.78, 5) is 0. The van der Waals surface area contributed by atoms with Gasteiger partial charge in [0.15, 0.2) is 0 Å². The summed E-state index contributed by atoms with van der Waals surface area (Å²) in [5.41, 5.74) is 2.79. The Balaban J connectivity index is 2.34. The molecule has 0 spiro atoms. The zero-order chi connectivity index (χ0) is 13.4. The van der Waals surface area contributed by atoms with Crippen molar-refractivity contribution in [3.05, 3.63) is 35.4 Å². The molecule has 1 aromatic rings. The van der Waals surface area contributed by atoms with Crippen molar-refractivity contribution in [1.29, 1.82) is 0 Å². The zero-order valence-corrected chi connectivity index (χ0v) is 12.2. The zero-order valence-electron chi connectivity index (χ0n) is 12.2. The molecule has 0 saturated heterocycles. The SMILES string of the molecule is COCCC(C)NCc1ccc(CC(C)C)cc1. The molecule has 0 bridgehead atoms. The van der Waals surface area contributed by atoms with Crippen LogP contribution < -0.4 is 5.32 Å². The highest BCUT2D eigenvalue weighted by molar-refractivity contribution is 5.22. The molecule has 0 saturated carbocycles. The van der Waals surface area contributed by atoms with Gasteiger partial charge in [0.05, 0.1) is 0 Å². The van der Waals surface area contributed by atoms with Crippen molar-refractivity contribution < 1.29 is 4.74 Å². The van der Waals surface area contributed by atoms with Gasteiger partial charge in [-0.25, -0.2) is 0 Å². The molecule has 1 N–H and O–H groups in total. The summed E-state index contributed by atoms with van der Waals surface area (Å²) in [5.74, 6) is 0.725. The molecule has 0 aliphatic heterocycles. The molecular weight excluding hydrogens is 222 g/mol. The van der Waals surface area contributed by atoms with Crippen LogP contribution >= 0.6 is 0 Å². The minimum absolute atomic E-state index is 0.500. The van der Waals surface area contributed by atoms with E-state index in [1.807, 2.05) is 0 Å². The van der Waals surface area contributed by atoms with Crippen LogP contribution in [0, 0.1) is 5.92 Å². The van der Waals surface area contributed by atoms with Crippen molar-refractivity contribution in [1.82, 2.24) is 5.32 Å². The molecule has 1 aromatic carbocycles. The van der Waals surface area contributed by atoms with Gasteiger partial charge in [-0.1, -0.05) is 38.1 Å². The highest BCUT2D eigenvalue weighted by Gasteiger charge is 2.02. The fourth-order valence-electron chi connectivity index (χ4n) is 1.95. The van der Waals surface area contributed by atoms with Gasteiger partial charge in [0.2, 0.25) is 0 Å². The van der Waals surface area contributed by atoms with Gasteiger partial charge in [0.1, 0.15) is 0 Å². The summed E-state index contributed by atoms with van der Waals surface area (Å²) >= 11 is 0. The van der Waals surface area contributed by atoms with E-state index in [0.29, 0.717) is 6.04 Å². The van der Waals surface area contributed by atoms with E-state index >= 15 is 0 Å². The van der Waals surface area contributed by atoms with Crippen molar-refractivity contribution in [2.24, 2.45) is 5.92 Å². The molecule has 102 valence electrons. The molecule has 0 aliphatic rings. The molecule has 0 radical (unpaired) electrons. The Bertz CT molecular complexity index is 318. The van der Waals surface area contributed by atoms with Crippen molar-refractivity contribution in [3.63, 3.8) is 0 Å². The average molecular weight is 249 g/mol. The maximum absolute atomic E-state index is 5.08. The lowest BCUT2D eigenvalue weighted by molar-refractivity contribution is 0.184. The van der Waals surface area contributed by atoms with Crippen molar-refractivity contribution in [2.45, 2.75) is 46.2 Å².